The van der Waals surface area contributed by atoms with E-state index in [0.29, 0.717) is 5.33 Å². The summed E-state index contributed by atoms with van der Waals surface area (Å²) in [6.07, 6.45) is 0.853. The predicted octanol–water partition coefficient (Wildman–Crippen LogP) is 3.68. The summed E-state index contributed by atoms with van der Waals surface area (Å²) >= 11 is 3.41. The van der Waals surface area contributed by atoms with Gasteiger partial charge in [-0.3, -0.25) is 4.79 Å². The third kappa shape index (κ3) is 2.24. The van der Waals surface area contributed by atoms with Crippen molar-refractivity contribution in [3.05, 3.63) is 35.9 Å². The second-order valence-corrected chi connectivity index (χ2v) is 4.30. The fourth-order valence-corrected chi connectivity index (χ4v) is 1.90. The van der Waals surface area contributed by atoms with Crippen molar-refractivity contribution >= 4 is 21.7 Å². The lowest BCUT2D eigenvalue weighted by Crippen LogP contribution is -2.28. The molecule has 2 heteroatoms. The Morgan fingerprint density at radius 1 is 1.36 bits per heavy atom. The van der Waals surface area contributed by atoms with Crippen LogP contribution in [0.4, 0.5) is 0 Å². The van der Waals surface area contributed by atoms with Crippen LogP contribution < -0.4 is 0 Å². The Morgan fingerprint density at radius 3 is 2.36 bits per heavy atom. The van der Waals surface area contributed by atoms with Gasteiger partial charge in [0.15, 0.2) is 5.78 Å². The molecule has 0 aromatic heterocycles. The molecule has 0 radical (unpaired) electrons. The van der Waals surface area contributed by atoms with Gasteiger partial charge in [0.2, 0.25) is 0 Å². The van der Waals surface area contributed by atoms with Gasteiger partial charge in [0.1, 0.15) is 0 Å². The normalized spacial score (nSPS) is 14.8. The third-order valence-electron chi connectivity index (χ3n) is 2.66. The summed E-state index contributed by atoms with van der Waals surface area (Å²) < 4.78 is 0. The number of hydrogen-bond acceptors (Lipinski definition) is 1. The van der Waals surface area contributed by atoms with Crippen molar-refractivity contribution in [1.29, 1.82) is 0 Å². The predicted molar refractivity (Wildman–Crippen MR) is 63.0 cm³/mol. The van der Waals surface area contributed by atoms with E-state index in [2.05, 4.69) is 15.9 Å². The van der Waals surface area contributed by atoms with E-state index in [0.717, 1.165) is 12.0 Å². The first kappa shape index (κ1) is 11.4. The number of alkyl halides is 1. The second-order valence-electron chi connectivity index (χ2n) is 3.74. The smallest absolute Gasteiger partial charge is 0.169 e. The largest absolute Gasteiger partial charge is 0.294 e. The van der Waals surface area contributed by atoms with Crippen molar-refractivity contribution in [3.8, 4) is 0 Å². The first-order chi connectivity index (χ1) is 6.64. The molecule has 1 nitrogen and oxygen atoms in total. The molecule has 1 unspecified atom stereocenters. The van der Waals surface area contributed by atoms with E-state index in [-0.39, 0.29) is 11.2 Å². The van der Waals surface area contributed by atoms with Crippen LogP contribution in [0.5, 0.6) is 0 Å². The maximum absolute atomic E-state index is 12.1. The van der Waals surface area contributed by atoms with Gasteiger partial charge in [-0.15, -0.1) is 0 Å². The van der Waals surface area contributed by atoms with E-state index in [9.17, 15) is 4.79 Å². The van der Waals surface area contributed by atoms with Crippen LogP contribution in [0.25, 0.3) is 0 Å². The van der Waals surface area contributed by atoms with E-state index < -0.39 is 0 Å². The molecule has 0 N–H and O–H groups in total. The van der Waals surface area contributed by atoms with E-state index in [1.54, 1.807) is 0 Å². The van der Waals surface area contributed by atoms with Crippen molar-refractivity contribution in [2.75, 3.05) is 5.33 Å². The molecule has 0 aliphatic heterocycles. The van der Waals surface area contributed by atoms with Crippen LogP contribution in [0.3, 0.4) is 0 Å². The van der Waals surface area contributed by atoms with Crippen LogP contribution >= 0.6 is 15.9 Å². The molecule has 0 aliphatic carbocycles. The number of halogens is 1. The lowest BCUT2D eigenvalue weighted by molar-refractivity contribution is 0.0840. The first-order valence-electron chi connectivity index (χ1n) is 4.80. The second kappa shape index (κ2) is 4.74. The zero-order valence-corrected chi connectivity index (χ0v) is 10.2. The molecule has 0 fully saturated rings. The summed E-state index contributed by atoms with van der Waals surface area (Å²) in [7, 11) is 0. The number of benzene rings is 1. The quantitative estimate of drug-likeness (QED) is 0.592. The number of ketones is 1. The van der Waals surface area contributed by atoms with Gasteiger partial charge in [0.25, 0.3) is 0 Å². The minimum absolute atomic E-state index is 0.220. The molecule has 1 aromatic rings. The molecule has 14 heavy (non-hydrogen) atoms. The van der Waals surface area contributed by atoms with Crippen molar-refractivity contribution in [1.82, 2.24) is 0 Å². The van der Waals surface area contributed by atoms with E-state index >= 15 is 0 Å². The van der Waals surface area contributed by atoms with Crippen LogP contribution in [0.1, 0.15) is 30.6 Å². The van der Waals surface area contributed by atoms with Gasteiger partial charge in [-0.25, -0.2) is 0 Å². The third-order valence-corrected chi connectivity index (χ3v) is 3.90. The number of Topliss-reactive ketones (excluding diaryl/α,β-unsaturated/α-hetero) is 1. The molecule has 0 bridgehead atoms. The fraction of sp³-hybridized carbons (Fsp3) is 0.417. The van der Waals surface area contributed by atoms with Crippen LogP contribution in [0.15, 0.2) is 30.3 Å². The zero-order chi connectivity index (χ0) is 10.6. The Bertz CT molecular complexity index is 301. The SMILES string of the molecule is CCC(C)(CBr)C(=O)c1ccccc1. The molecule has 1 aromatic carbocycles. The standard InChI is InChI=1S/C12H15BrO/c1-3-12(2,9-13)11(14)10-7-5-4-6-8-10/h4-8H,3,9H2,1-2H3. The van der Waals surface area contributed by atoms with Gasteiger partial charge in [-0.2, -0.15) is 0 Å². The number of rotatable bonds is 4. The molecule has 0 saturated heterocycles. The Morgan fingerprint density at radius 2 is 1.93 bits per heavy atom. The molecular formula is C12H15BrO. The summed E-state index contributed by atoms with van der Waals surface area (Å²) in [5.41, 5.74) is 0.526. The highest BCUT2D eigenvalue weighted by Gasteiger charge is 2.30. The molecule has 0 heterocycles. The van der Waals surface area contributed by atoms with Gasteiger partial charge >= 0.3 is 0 Å². The topological polar surface area (TPSA) is 17.1 Å². The average Bonchev–Trinajstić information content (AvgIpc) is 2.28. The molecule has 0 amide bonds. The maximum Gasteiger partial charge on any atom is 0.169 e. The number of hydrogen-bond donors (Lipinski definition) is 0. The van der Waals surface area contributed by atoms with Crippen molar-refractivity contribution < 1.29 is 4.79 Å². The molecule has 0 spiro atoms. The first-order valence-corrected chi connectivity index (χ1v) is 5.92. The summed E-state index contributed by atoms with van der Waals surface area (Å²) in [5, 5.41) is 0.713. The maximum atomic E-state index is 12.1. The Balaban J connectivity index is 2.95. The van der Waals surface area contributed by atoms with Gasteiger partial charge in [0, 0.05) is 16.3 Å². The fourth-order valence-electron chi connectivity index (χ4n) is 1.25. The van der Waals surface area contributed by atoms with Gasteiger partial charge < -0.3 is 0 Å². The van der Waals surface area contributed by atoms with Crippen LogP contribution in [-0.2, 0) is 0 Å². The van der Waals surface area contributed by atoms with Crippen LogP contribution in [-0.4, -0.2) is 11.1 Å². The van der Waals surface area contributed by atoms with E-state index in [1.807, 2.05) is 44.2 Å². The molecule has 0 saturated carbocycles. The summed E-state index contributed by atoms with van der Waals surface area (Å²) in [5.74, 6) is 0.220. The van der Waals surface area contributed by atoms with Crippen LogP contribution in [0.2, 0.25) is 0 Å². The summed E-state index contributed by atoms with van der Waals surface area (Å²) in [4.78, 5) is 12.1. The van der Waals surface area contributed by atoms with Gasteiger partial charge in [0.05, 0.1) is 0 Å². The Hall–Kier alpha value is -0.630. The van der Waals surface area contributed by atoms with E-state index in [1.165, 1.54) is 0 Å². The highest BCUT2D eigenvalue weighted by Crippen LogP contribution is 2.28. The minimum Gasteiger partial charge on any atom is -0.294 e. The monoisotopic (exact) mass is 254 g/mol. The van der Waals surface area contributed by atoms with Gasteiger partial charge in [-0.05, 0) is 6.42 Å². The molecular weight excluding hydrogens is 240 g/mol. The van der Waals surface area contributed by atoms with Crippen molar-refractivity contribution in [3.63, 3.8) is 0 Å². The van der Waals surface area contributed by atoms with Crippen LogP contribution in [0, 0.1) is 5.41 Å². The van der Waals surface area contributed by atoms with Crippen molar-refractivity contribution in [2.45, 2.75) is 20.3 Å². The number of carbonyl (C=O) groups is 1. The lowest BCUT2D eigenvalue weighted by atomic mass is 9.82. The zero-order valence-electron chi connectivity index (χ0n) is 8.59. The Kier molecular flexibility index (Phi) is 3.87. The molecule has 1 rings (SSSR count). The summed E-state index contributed by atoms with van der Waals surface area (Å²) in [6, 6.07) is 9.47. The highest BCUT2D eigenvalue weighted by atomic mass is 79.9. The average molecular weight is 255 g/mol. The van der Waals surface area contributed by atoms with Crippen molar-refractivity contribution in [2.24, 2.45) is 5.41 Å². The molecule has 1 atom stereocenters. The van der Waals surface area contributed by atoms with Gasteiger partial charge in [-0.1, -0.05) is 60.1 Å². The summed E-state index contributed by atoms with van der Waals surface area (Å²) in [6.45, 7) is 4.04. The van der Waals surface area contributed by atoms with E-state index in [4.69, 9.17) is 0 Å². The lowest BCUT2D eigenvalue weighted by Gasteiger charge is -2.23. The Labute approximate surface area is 93.7 Å². The number of carbonyl (C=O) groups excluding carboxylic acids is 1. The highest BCUT2D eigenvalue weighted by molar-refractivity contribution is 9.09. The molecule has 76 valence electrons. The molecule has 0 aliphatic rings. The minimum atomic E-state index is -0.276.